The van der Waals surface area contributed by atoms with Crippen molar-refractivity contribution < 1.29 is 0 Å². The van der Waals surface area contributed by atoms with E-state index in [9.17, 15) is 0 Å². The van der Waals surface area contributed by atoms with Crippen LogP contribution in [0.3, 0.4) is 0 Å². The highest BCUT2D eigenvalue weighted by Crippen LogP contribution is 2.20. The Labute approximate surface area is 88.0 Å². The predicted molar refractivity (Wildman–Crippen MR) is 57.2 cm³/mol. The van der Waals surface area contributed by atoms with Gasteiger partial charge in [0.25, 0.3) is 0 Å². The molecule has 1 N–H and O–H groups in total. The van der Waals surface area contributed by atoms with Crippen molar-refractivity contribution in [1.82, 2.24) is 19.9 Å². The van der Waals surface area contributed by atoms with Crippen molar-refractivity contribution in [3.8, 4) is 11.4 Å². The summed E-state index contributed by atoms with van der Waals surface area (Å²) in [6.45, 7) is 2.89. The highest BCUT2D eigenvalue weighted by molar-refractivity contribution is 5.57. The van der Waals surface area contributed by atoms with Crippen LogP contribution in [0.15, 0.2) is 30.7 Å². The summed E-state index contributed by atoms with van der Waals surface area (Å²) in [5.41, 5.74) is 3.19. The van der Waals surface area contributed by atoms with Gasteiger partial charge in [-0.1, -0.05) is 6.07 Å². The van der Waals surface area contributed by atoms with Crippen molar-refractivity contribution in [2.75, 3.05) is 6.54 Å². The smallest absolute Gasteiger partial charge is 0.111 e. The van der Waals surface area contributed by atoms with E-state index in [1.165, 1.54) is 5.69 Å². The van der Waals surface area contributed by atoms with Crippen molar-refractivity contribution in [1.29, 1.82) is 0 Å². The van der Waals surface area contributed by atoms with Gasteiger partial charge in [0.05, 0.1) is 17.7 Å². The van der Waals surface area contributed by atoms with E-state index in [1.54, 1.807) is 6.20 Å². The Kier molecular flexibility index (Phi) is 1.99. The van der Waals surface area contributed by atoms with Gasteiger partial charge < -0.3 is 9.88 Å². The van der Waals surface area contributed by atoms with Crippen molar-refractivity contribution in [3.63, 3.8) is 0 Å². The fourth-order valence-electron chi connectivity index (χ4n) is 1.91. The van der Waals surface area contributed by atoms with Crippen LogP contribution in [0.2, 0.25) is 0 Å². The van der Waals surface area contributed by atoms with E-state index in [1.807, 2.05) is 24.5 Å². The molecule has 0 spiro atoms. The molecule has 0 amide bonds. The van der Waals surface area contributed by atoms with E-state index in [0.29, 0.717) is 0 Å². The van der Waals surface area contributed by atoms with E-state index >= 15 is 0 Å². The third kappa shape index (κ3) is 1.43. The van der Waals surface area contributed by atoms with E-state index < -0.39 is 0 Å². The third-order valence-corrected chi connectivity index (χ3v) is 2.68. The molecule has 4 nitrogen and oxygen atoms in total. The maximum Gasteiger partial charge on any atom is 0.111 e. The number of nitrogens with one attached hydrogen (secondary N) is 1. The second-order valence-electron chi connectivity index (χ2n) is 3.63. The van der Waals surface area contributed by atoms with Gasteiger partial charge in [0.2, 0.25) is 0 Å². The highest BCUT2D eigenvalue weighted by atomic mass is 15.1. The summed E-state index contributed by atoms with van der Waals surface area (Å²) in [4.78, 5) is 8.75. The molecule has 3 heterocycles. The summed E-state index contributed by atoms with van der Waals surface area (Å²) >= 11 is 0. The van der Waals surface area contributed by atoms with Crippen LogP contribution < -0.4 is 5.32 Å². The van der Waals surface area contributed by atoms with Gasteiger partial charge in [0, 0.05) is 25.8 Å². The zero-order chi connectivity index (χ0) is 10.1. The molecule has 0 saturated heterocycles. The first-order valence-electron chi connectivity index (χ1n) is 5.11. The Morgan fingerprint density at radius 1 is 1.27 bits per heavy atom. The molecule has 4 heteroatoms. The summed E-state index contributed by atoms with van der Waals surface area (Å²) in [5, 5.41) is 3.35. The number of pyridine rings is 1. The number of nitrogens with zero attached hydrogens (tertiary/aromatic N) is 3. The van der Waals surface area contributed by atoms with Crippen molar-refractivity contribution in [2.24, 2.45) is 0 Å². The summed E-state index contributed by atoms with van der Waals surface area (Å²) in [6, 6.07) is 5.91. The maximum absolute atomic E-state index is 4.43. The SMILES string of the molecule is c1ccc(-c2ncn3c2CNCC3)nc1. The number of imidazole rings is 1. The molecule has 0 aliphatic carbocycles. The summed E-state index contributed by atoms with van der Waals surface area (Å²) in [6.07, 6.45) is 3.71. The van der Waals surface area contributed by atoms with Crippen LogP contribution in [0.4, 0.5) is 0 Å². The lowest BCUT2D eigenvalue weighted by Gasteiger charge is -2.16. The Morgan fingerprint density at radius 2 is 2.27 bits per heavy atom. The van der Waals surface area contributed by atoms with Crippen molar-refractivity contribution >= 4 is 0 Å². The van der Waals surface area contributed by atoms with Crippen molar-refractivity contribution in [2.45, 2.75) is 13.1 Å². The minimum absolute atomic E-state index is 0.881. The molecule has 0 atom stereocenters. The molecule has 0 saturated carbocycles. The molecule has 2 aromatic rings. The molecule has 0 radical (unpaired) electrons. The lowest BCUT2D eigenvalue weighted by atomic mass is 10.2. The van der Waals surface area contributed by atoms with Crippen LogP contribution in [0.5, 0.6) is 0 Å². The predicted octanol–water partition coefficient (Wildman–Crippen LogP) is 1.05. The van der Waals surface area contributed by atoms with E-state index in [-0.39, 0.29) is 0 Å². The van der Waals surface area contributed by atoms with Crippen LogP contribution in [0.25, 0.3) is 11.4 Å². The molecule has 2 aromatic heterocycles. The molecule has 3 rings (SSSR count). The zero-order valence-electron chi connectivity index (χ0n) is 8.35. The molecule has 76 valence electrons. The second-order valence-corrected chi connectivity index (χ2v) is 3.63. The summed E-state index contributed by atoms with van der Waals surface area (Å²) < 4.78 is 2.19. The lowest BCUT2D eigenvalue weighted by molar-refractivity contribution is 0.516. The molecule has 1 aliphatic heterocycles. The molecule has 0 fully saturated rings. The maximum atomic E-state index is 4.43. The quantitative estimate of drug-likeness (QED) is 0.748. The minimum Gasteiger partial charge on any atom is -0.332 e. The fourth-order valence-corrected chi connectivity index (χ4v) is 1.91. The van der Waals surface area contributed by atoms with Gasteiger partial charge in [-0.05, 0) is 12.1 Å². The van der Waals surface area contributed by atoms with E-state index in [4.69, 9.17) is 0 Å². The summed E-state index contributed by atoms with van der Waals surface area (Å²) in [7, 11) is 0. The Morgan fingerprint density at radius 3 is 3.13 bits per heavy atom. The Hall–Kier alpha value is -1.68. The lowest BCUT2D eigenvalue weighted by Crippen LogP contribution is -2.27. The molecule has 15 heavy (non-hydrogen) atoms. The zero-order valence-corrected chi connectivity index (χ0v) is 8.35. The van der Waals surface area contributed by atoms with Crippen LogP contribution in [-0.4, -0.2) is 21.1 Å². The van der Waals surface area contributed by atoms with Gasteiger partial charge in [-0.2, -0.15) is 0 Å². The molecule has 0 unspecified atom stereocenters. The van der Waals surface area contributed by atoms with Gasteiger partial charge in [-0.25, -0.2) is 4.98 Å². The normalized spacial score (nSPS) is 14.9. The number of rotatable bonds is 1. The van der Waals surface area contributed by atoms with Crippen LogP contribution >= 0.6 is 0 Å². The van der Waals surface area contributed by atoms with Gasteiger partial charge in [0.15, 0.2) is 0 Å². The molecular formula is C11H12N4. The second kappa shape index (κ2) is 3.47. The topological polar surface area (TPSA) is 42.7 Å². The summed E-state index contributed by atoms with van der Waals surface area (Å²) in [5.74, 6) is 0. The Bertz CT molecular complexity index is 461. The standard InChI is InChI=1S/C11H12N4/c1-2-4-13-9(3-1)11-10-7-12-5-6-15(10)8-14-11/h1-4,8,12H,5-7H2. The first kappa shape index (κ1) is 8.61. The monoisotopic (exact) mass is 200 g/mol. The molecule has 1 aliphatic rings. The van der Waals surface area contributed by atoms with Gasteiger partial charge in [-0.3, -0.25) is 4.98 Å². The molecular weight excluding hydrogens is 188 g/mol. The average Bonchev–Trinajstić information content (AvgIpc) is 2.74. The minimum atomic E-state index is 0.881. The Balaban J connectivity index is 2.09. The van der Waals surface area contributed by atoms with Gasteiger partial charge >= 0.3 is 0 Å². The van der Waals surface area contributed by atoms with Crippen LogP contribution in [-0.2, 0) is 13.1 Å². The first-order valence-corrected chi connectivity index (χ1v) is 5.11. The van der Waals surface area contributed by atoms with E-state index in [2.05, 4.69) is 19.9 Å². The van der Waals surface area contributed by atoms with Crippen LogP contribution in [0, 0.1) is 0 Å². The number of aromatic nitrogens is 3. The first-order chi connectivity index (χ1) is 7.45. The number of fused-ring (bicyclic) bond motifs is 1. The highest BCUT2D eigenvalue weighted by Gasteiger charge is 2.15. The average molecular weight is 200 g/mol. The fraction of sp³-hybridized carbons (Fsp3) is 0.273. The molecule has 0 aromatic carbocycles. The molecule has 0 bridgehead atoms. The largest absolute Gasteiger partial charge is 0.332 e. The number of hydrogen-bond donors (Lipinski definition) is 1. The van der Waals surface area contributed by atoms with Gasteiger partial charge in [-0.15, -0.1) is 0 Å². The number of hydrogen-bond acceptors (Lipinski definition) is 3. The van der Waals surface area contributed by atoms with Gasteiger partial charge in [0.1, 0.15) is 5.69 Å². The van der Waals surface area contributed by atoms with Crippen LogP contribution in [0.1, 0.15) is 5.69 Å². The third-order valence-electron chi connectivity index (χ3n) is 2.68. The van der Waals surface area contributed by atoms with E-state index in [0.717, 1.165) is 31.0 Å². The van der Waals surface area contributed by atoms with Crippen molar-refractivity contribution in [3.05, 3.63) is 36.4 Å².